The van der Waals surface area contributed by atoms with Crippen LogP contribution in [0.15, 0.2) is 30.0 Å². The third kappa shape index (κ3) is 4.45. The monoisotopic (exact) mass is 250 g/mol. The number of hydrogen-bond donors (Lipinski definition) is 2. The Labute approximate surface area is 107 Å². The minimum atomic E-state index is -0.871. The van der Waals surface area contributed by atoms with Crippen molar-refractivity contribution >= 4 is 11.7 Å². The molecule has 0 saturated carbocycles. The van der Waals surface area contributed by atoms with E-state index in [2.05, 4.69) is 10.3 Å². The molecule has 0 fully saturated rings. The Bertz CT molecular complexity index is 413. The zero-order valence-electron chi connectivity index (χ0n) is 10.6. The second kappa shape index (κ2) is 7.32. The van der Waals surface area contributed by atoms with E-state index in [4.69, 9.17) is 9.84 Å². The maximum atomic E-state index is 10.8. The second-order valence-electron chi connectivity index (χ2n) is 3.59. The molecule has 18 heavy (non-hydrogen) atoms. The van der Waals surface area contributed by atoms with Crippen LogP contribution in [0.25, 0.3) is 0 Å². The number of anilines is 1. The van der Waals surface area contributed by atoms with Crippen LogP contribution in [0.3, 0.4) is 0 Å². The number of carbonyl (C=O) groups is 1. The Morgan fingerprint density at radius 1 is 1.50 bits per heavy atom. The minimum absolute atomic E-state index is 0.404. The molecule has 1 heterocycles. The van der Waals surface area contributed by atoms with Crippen LogP contribution in [0.5, 0.6) is 5.88 Å². The van der Waals surface area contributed by atoms with Gasteiger partial charge < -0.3 is 15.2 Å². The fourth-order valence-electron chi connectivity index (χ4n) is 1.39. The molecule has 1 rings (SSSR count). The van der Waals surface area contributed by atoms with Crippen LogP contribution in [0.1, 0.15) is 20.3 Å². The molecule has 0 saturated heterocycles. The summed E-state index contributed by atoms with van der Waals surface area (Å²) in [5.74, 6) is -0.289. The van der Waals surface area contributed by atoms with Crippen molar-refractivity contribution in [3.63, 3.8) is 0 Å². The summed E-state index contributed by atoms with van der Waals surface area (Å²) >= 11 is 0. The summed E-state index contributed by atoms with van der Waals surface area (Å²) in [6.45, 7) is 4.77. The molecule has 0 bridgehead atoms. The van der Waals surface area contributed by atoms with E-state index in [-0.39, 0.29) is 0 Å². The summed E-state index contributed by atoms with van der Waals surface area (Å²) in [6, 6.07) is 3.62. The lowest BCUT2D eigenvalue weighted by Crippen LogP contribution is -2.05. The highest BCUT2D eigenvalue weighted by Gasteiger charge is 2.02. The summed E-state index contributed by atoms with van der Waals surface area (Å²) in [7, 11) is 0. The Morgan fingerprint density at radius 2 is 2.28 bits per heavy atom. The van der Waals surface area contributed by atoms with Crippen LogP contribution in [0.2, 0.25) is 0 Å². The molecule has 1 aromatic rings. The Kier molecular flexibility index (Phi) is 5.70. The normalized spacial score (nSPS) is 11.1. The maximum Gasteiger partial charge on any atom is 0.331 e. The predicted octanol–water partition coefficient (Wildman–Crippen LogP) is 2.31. The lowest BCUT2D eigenvalue weighted by Gasteiger charge is -2.05. The van der Waals surface area contributed by atoms with E-state index in [1.54, 1.807) is 18.3 Å². The average molecular weight is 250 g/mol. The number of carboxylic acid groups (broad SMARTS) is 1. The first kappa shape index (κ1) is 14.0. The average Bonchev–Trinajstić information content (AvgIpc) is 2.36. The first-order chi connectivity index (χ1) is 8.67. The molecule has 0 radical (unpaired) electrons. The molecule has 2 N–H and O–H groups in total. The summed E-state index contributed by atoms with van der Waals surface area (Å²) in [5.41, 5.74) is 1.23. The Morgan fingerprint density at radius 3 is 2.78 bits per heavy atom. The quantitative estimate of drug-likeness (QED) is 0.727. The summed E-state index contributed by atoms with van der Waals surface area (Å²) < 4.78 is 5.22. The first-order valence-electron chi connectivity index (χ1n) is 5.92. The number of pyridine rings is 1. The highest BCUT2D eigenvalue weighted by atomic mass is 16.5. The van der Waals surface area contributed by atoms with Gasteiger partial charge >= 0.3 is 5.97 Å². The minimum Gasteiger partial charge on any atom is -0.478 e. The van der Waals surface area contributed by atoms with E-state index >= 15 is 0 Å². The zero-order chi connectivity index (χ0) is 13.4. The number of rotatable bonds is 7. The lowest BCUT2D eigenvalue weighted by molar-refractivity contribution is -0.132. The van der Waals surface area contributed by atoms with Crippen molar-refractivity contribution in [1.29, 1.82) is 0 Å². The number of carboxylic acids is 1. The molecule has 0 atom stereocenters. The SMILES string of the molecule is CCOc1ccc(NC/C=C(/CC)C(=O)O)cn1. The largest absolute Gasteiger partial charge is 0.478 e. The molecule has 0 amide bonds. The molecule has 0 aliphatic rings. The fourth-order valence-corrected chi connectivity index (χ4v) is 1.39. The molecule has 0 aromatic carbocycles. The van der Waals surface area contributed by atoms with Gasteiger partial charge in [0.15, 0.2) is 0 Å². The second-order valence-corrected chi connectivity index (χ2v) is 3.59. The summed E-state index contributed by atoms with van der Waals surface area (Å²) in [5, 5.41) is 11.9. The van der Waals surface area contributed by atoms with Gasteiger partial charge in [0.1, 0.15) is 0 Å². The number of aliphatic carboxylic acids is 1. The van der Waals surface area contributed by atoms with Gasteiger partial charge in [-0.15, -0.1) is 0 Å². The Hall–Kier alpha value is -2.04. The molecule has 5 heteroatoms. The van der Waals surface area contributed by atoms with Gasteiger partial charge in [0, 0.05) is 18.2 Å². The van der Waals surface area contributed by atoms with E-state index in [9.17, 15) is 4.79 Å². The topological polar surface area (TPSA) is 71.5 Å². The van der Waals surface area contributed by atoms with Crippen LogP contribution in [0.4, 0.5) is 5.69 Å². The molecular weight excluding hydrogens is 232 g/mol. The first-order valence-corrected chi connectivity index (χ1v) is 5.92. The lowest BCUT2D eigenvalue weighted by atomic mass is 10.2. The third-order valence-corrected chi connectivity index (χ3v) is 2.34. The van der Waals surface area contributed by atoms with E-state index in [1.807, 2.05) is 19.9 Å². The molecule has 1 aromatic heterocycles. The van der Waals surface area contributed by atoms with Crippen molar-refractivity contribution in [2.45, 2.75) is 20.3 Å². The highest BCUT2D eigenvalue weighted by molar-refractivity contribution is 5.86. The molecule has 0 aliphatic heterocycles. The molecule has 0 spiro atoms. The van der Waals surface area contributed by atoms with Gasteiger partial charge in [0.2, 0.25) is 5.88 Å². The molecule has 98 valence electrons. The molecule has 0 unspecified atom stereocenters. The van der Waals surface area contributed by atoms with Gasteiger partial charge in [0.05, 0.1) is 18.5 Å². The van der Waals surface area contributed by atoms with E-state index in [0.29, 0.717) is 31.0 Å². The fraction of sp³-hybridized carbons (Fsp3) is 0.385. The van der Waals surface area contributed by atoms with Crippen molar-refractivity contribution in [3.8, 4) is 5.88 Å². The molecular formula is C13H18N2O3. The molecule has 5 nitrogen and oxygen atoms in total. The highest BCUT2D eigenvalue weighted by Crippen LogP contribution is 2.11. The van der Waals surface area contributed by atoms with Crippen molar-refractivity contribution in [2.24, 2.45) is 0 Å². The third-order valence-electron chi connectivity index (χ3n) is 2.34. The Balaban J connectivity index is 2.51. The van der Waals surface area contributed by atoms with Gasteiger partial charge in [-0.1, -0.05) is 13.0 Å². The molecule has 0 aliphatic carbocycles. The smallest absolute Gasteiger partial charge is 0.331 e. The van der Waals surface area contributed by atoms with Gasteiger partial charge in [-0.05, 0) is 19.4 Å². The maximum absolute atomic E-state index is 10.8. The number of nitrogens with zero attached hydrogens (tertiary/aromatic N) is 1. The van der Waals surface area contributed by atoms with Crippen molar-refractivity contribution in [1.82, 2.24) is 4.98 Å². The van der Waals surface area contributed by atoms with Crippen LogP contribution >= 0.6 is 0 Å². The van der Waals surface area contributed by atoms with Gasteiger partial charge in [-0.3, -0.25) is 0 Å². The van der Waals surface area contributed by atoms with Crippen LogP contribution in [-0.2, 0) is 4.79 Å². The number of nitrogens with one attached hydrogen (secondary N) is 1. The summed E-state index contributed by atoms with van der Waals surface area (Å²) in [6.07, 6.45) is 3.84. The van der Waals surface area contributed by atoms with Crippen LogP contribution < -0.4 is 10.1 Å². The summed E-state index contributed by atoms with van der Waals surface area (Å²) in [4.78, 5) is 14.9. The van der Waals surface area contributed by atoms with Gasteiger partial charge in [0.25, 0.3) is 0 Å². The number of aromatic nitrogens is 1. The van der Waals surface area contributed by atoms with Gasteiger partial charge in [-0.2, -0.15) is 0 Å². The van der Waals surface area contributed by atoms with E-state index < -0.39 is 5.97 Å². The van der Waals surface area contributed by atoms with Crippen molar-refractivity contribution in [2.75, 3.05) is 18.5 Å². The van der Waals surface area contributed by atoms with Crippen molar-refractivity contribution in [3.05, 3.63) is 30.0 Å². The van der Waals surface area contributed by atoms with Crippen LogP contribution in [0, 0.1) is 0 Å². The number of hydrogen-bond acceptors (Lipinski definition) is 4. The zero-order valence-corrected chi connectivity index (χ0v) is 10.6. The van der Waals surface area contributed by atoms with E-state index in [0.717, 1.165) is 5.69 Å². The van der Waals surface area contributed by atoms with Crippen LogP contribution in [-0.4, -0.2) is 29.2 Å². The predicted molar refractivity (Wildman–Crippen MR) is 69.9 cm³/mol. The number of ether oxygens (including phenoxy) is 1. The van der Waals surface area contributed by atoms with Gasteiger partial charge in [-0.25, -0.2) is 9.78 Å². The standard InChI is InChI=1S/C13H18N2O3/c1-3-10(13(16)17)7-8-14-11-5-6-12(15-9-11)18-4-2/h5-7,9,14H,3-4,8H2,1-2H3,(H,16,17)/b10-7-. The van der Waals surface area contributed by atoms with Crippen molar-refractivity contribution < 1.29 is 14.6 Å². The van der Waals surface area contributed by atoms with E-state index in [1.165, 1.54) is 0 Å².